The molecule has 1 aliphatic rings. The number of hydrogen-bond acceptors (Lipinski definition) is 2. The van der Waals surface area contributed by atoms with Crippen molar-refractivity contribution >= 4 is 0 Å². The van der Waals surface area contributed by atoms with Crippen LogP contribution in [0, 0.1) is 11.8 Å². The summed E-state index contributed by atoms with van der Waals surface area (Å²) < 4.78 is 0. The van der Waals surface area contributed by atoms with Crippen LogP contribution in [0.25, 0.3) is 0 Å². The highest BCUT2D eigenvalue weighted by molar-refractivity contribution is 5.09. The van der Waals surface area contributed by atoms with E-state index in [9.17, 15) is 0 Å². The van der Waals surface area contributed by atoms with Crippen molar-refractivity contribution in [1.29, 1.82) is 0 Å². The van der Waals surface area contributed by atoms with Crippen LogP contribution in [-0.4, -0.2) is 17.6 Å². The predicted molar refractivity (Wildman–Crippen MR) is 76.5 cm³/mol. The van der Waals surface area contributed by atoms with Crippen molar-refractivity contribution in [3.05, 3.63) is 30.1 Å². The summed E-state index contributed by atoms with van der Waals surface area (Å²) in [4.78, 5) is 4.23. The lowest BCUT2D eigenvalue weighted by molar-refractivity contribution is 0.224. The predicted octanol–water partition coefficient (Wildman–Crippen LogP) is 3.43. The highest BCUT2D eigenvalue weighted by Crippen LogP contribution is 2.32. The molecule has 1 aliphatic carbocycles. The standard InChI is InChI=1S/C16H26N2/c1-13(2)18-12-16-8-4-3-7-15(16)10-14-6-5-9-17-11-14/h5-6,9,11,13,15-16,18H,3-4,7-8,10,12H2,1-2H3. The first-order valence-corrected chi connectivity index (χ1v) is 7.38. The fourth-order valence-electron chi connectivity index (χ4n) is 3.03. The van der Waals surface area contributed by atoms with Gasteiger partial charge in [0.05, 0.1) is 0 Å². The zero-order valence-electron chi connectivity index (χ0n) is 11.7. The van der Waals surface area contributed by atoms with E-state index < -0.39 is 0 Å². The normalized spacial score (nSPS) is 24.4. The number of nitrogens with zero attached hydrogens (tertiary/aromatic N) is 1. The quantitative estimate of drug-likeness (QED) is 0.861. The molecular formula is C16H26N2. The van der Waals surface area contributed by atoms with E-state index in [1.807, 2.05) is 12.4 Å². The van der Waals surface area contributed by atoms with Crippen LogP contribution in [-0.2, 0) is 6.42 Å². The highest BCUT2D eigenvalue weighted by atomic mass is 14.9. The maximum atomic E-state index is 4.23. The Kier molecular flexibility index (Phi) is 5.18. The molecule has 0 aromatic carbocycles. The van der Waals surface area contributed by atoms with Gasteiger partial charge < -0.3 is 5.32 Å². The summed E-state index contributed by atoms with van der Waals surface area (Å²) in [5.41, 5.74) is 1.40. The minimum absolute atomic E-state index is 0.603. The molecular weight excluding hydrogens is 220 g/mol. The molecule has 1 fully saturated rings. The van der Waals surface area contributed by atoms with Gasteiger partial charge in [-0.05, 0) is 49.3 Å². The van der Waals surface area contributed by atoms with Gasteiger partial charge in [-0.3, -0.25) is 4.98 Å². The first kappa shape index (κ1) is 13.5. The molecule has 100 valence electrons. The van der Waals surface area contributed by atoms with E-state index in [4.69, 9.17) is 0 Å². The lowest BCUT2D eigenvalue weighted by Gasteiger charge is -2.32. The topological polar surface area (TPSA) is 24.9 Å². The second-order valence-electron chi connectivity index (χ2n) is 5.93. The second kappa shape index (κ2) is 6.89. The van der Waals surface area contributed by atoms with E-state index in [1.54, 1.807) is 0 Å². The Bertz CT molecular complexity index is 334. The molecule has 2 unspecified atom stereocenters. The van der Waals surface area contributed by atoms with Crippen molar-refractivity contribution < 1.29 is 0 Å². The maximum absolute atomic E-state index is 4.23. The van der Waals surface area contributed by atoms with Crippen molar-refractivity contribution in [2.45, 2.75) is 52.0 Å². The van der Waals surface area contributed by atoms with Gasteiger partial charge in [0.1, 0.15) is 0 Å². The summed E-state index contributed by atoms with van der Waals surface area (Å²) in [6.07, 6.45) is 10.7. The zero-order valence-corrected chi connectivity index (χ0v) is 11.7. The summed E-state index contributed by atoms with van der Waals surface area (Å²) >= 11 is 0. The lowest BCUT2D eigenvalue weighted by atomic mass is 9.76. The molecule has 2 atom stereocenters. The number of pyridine rings is 1. The van der Waals surface area contributed by atoms with Gasteiger partial charge in [-0.2, -0.15) is 0 Å². The van der Waals surface area contributed by atoms with Gasteiger partial charge in [0.25, 0.3) is 0 Å². The number of aromatic nitrogens is 1. The van der Waals surface area contributed by atoms with Crippen LogP contribution >= 0.6 is 0 Å². The molecule has 18 heavy (non-hydrogen) atoms. The van der Waals surface area contributed by atoms with E-state index in [0.29, 0.717) is 6.04 Å². The van der Waals surface area contributed by atoms with Gasteiger partial charge in [0.15, 0.2) is 0 Å². The van der Waals surface area contributed by atoms with Crippen molar-refractivity contribution in [3.63, 3.8) is 0 Å². The summed E-state index contributed by atoms with van der Waals surface area (Å²) in [6, 6.07) is 4.87. The summed E-state index contributed by atoms with van der Waals surface area (Å²) in [6.45, 7) is 5.65. The molecule has 2 rings (SSSR count). The molecule has 0 bridgehead atoms. The summed E-state index contributed by atoms with van der Waals surface area (Å²) in [5.74, 6) is 1.69. The van der Waals surface area contributed by atoms with E-state index in [-0.39, 0.29) is 0 Å². The molecule has 1 aromatic heterocycles. The van der Waals surface area contributed by atoms with Gasteiger partial charge in [-0.15, -0.1) is 0 Å². The SMILES string of the molecule is CC(C)NCC1CCCCC1Cc1cccnc1. The van der Waals surface area contributed by atoms with Crippen LogP contribution in [0.4, 0.5) is 0 Å². The van der Waals surface area contributed by atoms with E-state index in [1.165, 1.54) is 44.2 Å². The van der Waals surface area contributed by atoms with Crippen molar-refractivity contribution in [3.8, 4) is 0 Å². The van der Waals surface area contributed by atoms with Gasteiger partial charge in [0.2, 0.25) is 0 Å². The Balaban J connectivity index is 1.91. The van der Waals surface area contributed by atoms with Crippen molar-refractivity contribution in [2.75, 3.05) is 6.54 Å². The molecule has 2 heteroatoms. The Morgan fingerprint density at radius 3 is 2.72 bits per heavy atom. The number of rotatable bonds is 5. The van der Waals surface area contributed by atoms with Crippen LogP contribution in [0.1, 0.15) is 45.1 Å². The Hall–Kier alpha value is -0.890. The maximum Gasteiger partial charge on any atom is 0.0299 e. The fourth-order valence-corrected chi connectivity index (χ4v) is 3.03. The molecule has 1 heterocycles. The Labute approximate surface area is 111 Å². The molecule has 0 radical (unpaired) electrons. The van der Waals surface area contributed by atoms with E-state index in [2.05, 4.69) is 36.3 Å². The van der Waals surface area contributed by atoms with Gasteiger partial charge in [-0.25, -0.2) is 0 Å². The van der Waals surface area contributed by atoms with Crippen LogP contribution in [0.15, 0.2) is 24.5 Å². The average Bonchev–Trinajstić information content (AvgIpc) is 2.39. The third-order valence-corrected chi connectivity index (χ3v) is 4.08. The molecule has 0 aliphatic heterocycles. The third-order valence-electron chi connectivity index (χ3n) is 4.08. The summed E-state index contributed by atoms with van der Waals surface area (Å²) in [5, 5.41) is 3.62. The van der Waals surface area contributed by atoms with Crippen LogP contribution in [0.5, 0.6) is 0 Å². The average molecular weight is 246 g/mol. The lowest BCUT2D eigenvalue weighted by Crippen LogP contribution is -2.34. The van der Waals surface area contributed by atoms with Gasteiger partial charge in [0, 0.05) is 18.4 Å². The third kappa shape index (κ3) is 4.09. The highest BCUT2D eigenvalue weighted by Gasteiger charge is 2.25. The number of hydrogen-bond donors (Lipinski definition) is 1. The molecule has 0 amide bonds. The van der Waals surface area contributed by atoms with Gasteiger partial charge >= 0.3 is 0 Å². The molecule has 2 nitrogen and oxygen atoms in total. The monoisotopic (exact) mass is 246 g/mol. The van der Waals surface area contributed by atoms with Gasteiger partial charge in [-0.1, -0.05) is 32.8 Å². The second-order valence-corrected chi connectivity index (χ2v) is 5.93. The van der Waals surface area contributed by atoms with Crippen LogP contribution in [0.2, 0.25) is 0 Å². The fraction of sp³-hybridized carbons (Fsp3) is 0.688. The number of nitrogens with one attached hydrogen (secondary N) is 1. The molecule has 1 N–H and O–H groups in total. The molecule has 0 spiro atoms. The largest absolute Gasteiger partial charge is 0.314 e. The first-order chi connectivity index (χ1) is 8.75. The smallest absolute Gasteiger partial charge is 0.0299 e. The van der Waals surface area contributed by atoms with Crippen LogP contribution < -0.4 is 5.32 Å². The first-order valence-electron chi connectivity index (χ1n) is 7.38. The minimum atomic E-state index is 0.603. The summed E-state index contributed by atoms with van der Waals surface area (Å²) in [7, 11) is 0. The Morgan fingerprint density at radius 2 is 2.06 bits per heavy atom. The van der Waals surface area contributed by atoms with Crippen molar-refractivity contribution in [2.24, 2.45) is 11.8 Å². The zero-order chi connectivity index (χ0) is 12.8. The molecule has 0 saturated heterocycles. The van der Waals surface area contributed by atoms with Crippen molar-refractivity contribution in [1.82, 2.24) is 10.3 Å². The molecule has 1 saturated carbocycles. The molecule has 1 aromatic rings. The van der Waals surface area contributed by atoms with Crippen LogP contribution in [0.3, 0.4) is 0 Å². The Morgan fingerprint density at radius 1 is 1.28 bits per heavy atom. The van der Waals surface area contributed by atoms with E-state index >= 15 is 0 Å². The van der Waals surface area contributed by atoms with E-state index in [0.717, 1.165) is 11.8 Å². The minimum Gasteiger partial charge on any atom is -0.314 e.